The van der Waals surface area contributed by atoms with E-state index in [1.54, 1.807) is 26.4 Å². The molecule has 1 aromatic rings. The highest BCUT2D eigenvalue weighted by Crippen LogP contribution is 2.29. The summed E-state index contributed by atoms with van der Waals surface area (Å²) in [7, 11) is 3.22. The van der Waals surface area contributed by atoms with E-state index in [4.69, 9.17) is 9.47 Å². The van der Waals surface area contributed by atoms with Crippen molar-refractivity contribution < 1.29 is 14.3 Å². The van der Waals surface area contributed by atoms with Gasteiger partial charge in [-0.05, 0) is 31.9 Å². The van der Waals surface area contributed by atoms with Crippen LogP contribution in [-0.4, -0.2) is 26.2 Å². The van der Waals surface area contributed by atoms with Crippen LogP contribution >= 0.6 is 0 Å². The summed E-state index contributed by atoms with van der Waals surface area (Å²) in [5, 5.41) is 3.17. The molecule has 0 saturated heterocycles. The fourth-order valence-corrected chi connectivity index (χ4v) is 3.09. The number of carbonyl (C=O) groups excluding carboxylic acids is 1. The van der Waals surface area contributed by atoms with Gasteiger partial charge < -0.3 is 14.8 Å². The molecule has 0 spiro atoms. The Labute approximate surface area is 133 Å². The highest BCUT2D eigenvalue weighted by atomic mass is 16.5. The van der Waals surface area contributed by atoms with Crippen molar-refractivity contribution in [2.24, 2.45) is 0 Å². The quantitative estimate of drug-likeness (QED) is 0.919. The summed E-state index contributed by atoms with van der Waals surface area (Å²) in [5.41, 5.74) is 1.51. The first-order chi connectivity index (χ1) is 10.7. The van der Waals surface area contributed by atoms with Crippen LogP contribution in [0.5, 0.6) is 11.5 Å². The van der Waals surface area contributed by atoms with Crippen molar-refractivity contribution >= 4 is 5.91 Å². The number of methoxy groups -OCH3 is 2. The van der Waals surface area contributed by atoms with Crippen LogP contribution in [0.2, 0.25) is 0 Å². The van der Waals surface area contributed by atoms with E-state index in [1.165, 1.54) is 32.1 Å². The lowest BCUT2D eigenvalue weighted by atomic mass is 9.96. The van der Waals surface area contributed by atoms with Crippen molar-refractivity contribution in [2.45, 2.75) is 57.9 Å². The normalized spacial score (nSPS) is 16.5. The zero-order chi connectivity index (χ0) is 15.9. The van der Waals surface area contributed by atoms with E-state index < -0.39 is 0 Å². The molecule has 0 aromatic heterocycles. The molecule has 0 radical (unpaired) electrons. The van der Waals surface area contributed by atoms with Gasteiger partial charge in [-0.2, -0.15) is 0 Å². The molecule has 1 aliphatic carbocycles. The smallest absolute Gasteiger partial charge is 0.251 e. The maximum absolute atomic E-state index is 12.5. The third-order valence-corrected chi connectivity index (χ3v) is 4.45. The van der Waals surface area contributed by atoms with Crippen molar-refractivity contribution in [2.75, 3.05) is 14.2 Å². The number of benzene rings is 1. The third-order valence-electron chi connectivity index (χ3n) is 4.45. The second kappa shape index (κ2) is 8.06. The lowest BCUT2D eigenvalue weighted by Gasteiger charge is -2.21. The topological polar surface area (TPSA) is 47.6 Å². The van der Waals surface area contributed by atoms with E-state index in [2.05, 4.69) is 5.32 Å². The van der Waals surface area contributed by atoms with Crippen LogP contribution in [0.25, 0.3) is 0 Å². The van der Waals surface area contributed by atoms with Gasteiger partial charge in [0.2, 0.25) is 0 Å². The summed E-state index contributed by atoms with van der Waals surface area (Å²) in [4.78, 5) is 12.5. The van der Waals surface area contributed by atoms with Gasteiger partial charge in [-0.25, -0.2) is 0 Å². The summed E-state index contributed by atoms with van der Waals surface area (Å²) >= 11 is 0. The fraction of sp³-hybridized carbons (Fsp3) is 0.611. The van der Waals surface area contributed by atoms with E-state index in [0.29, 0.717) is 17.1 Å². The lowest BCUT2D eigenvalue weighted by molar-refractivity contribution is 0.0929. The van der Waals surface area contributed by atoms with Crippen molar-refractivity contribution in [1.29, 1.82) is 0 Å². The van der Waals surface area contributed by atoms with Crippen molar-refractivity contribution in [3.05, 3.63) is 23.3 Å². The first-order valence-electron chi connectivity index (χ1n) is 8.19. The number of rotatable bonds is 4. The number of hydrogen-bond donors (Lipinski definition) is 1. The average Bonchev–Trinajstić information content (AvgIpc) is 2.50. The molecule has 1 N–H and O–H groups in total. The van der Waals surface area contributed by atoms with Gasteiger partial charge in [0.25, 0.3) is 5.91 Å². The Morgan fingerprint density at radius 1 is 1.00 bits per heavy atom. The maximum atomic E-state index is 12.5. The van der Waals surface area contributed by atoms with E-state index in [1.807, 2.05) is 6.92 Å². The van der Waals surface area contributed by atoms with Crippen LogP contribution in [0.4, 0.5) is 0 Å². The van der Waals surface area contributed by atoms with Gasteiger partial charge in [-0.1, -0.05) is 32.1 Å². The molecular formula is C18H27NO3. The molecule has 0 unspecified atom stereocenters. The highest BCUT2D eigenvalue weighted by Gasteiger charge is 2.18. The fourth-order valence-electron chi connectivity index (χ4n) is 3.09. The monoisotopic (exact) mass is 305 g/mol. The van der Waals surface area contributed by atoms with Gasteiger partial charge in [-0.3, -0.25) is 4.79 Å². The molecule has 1 fully saturated rings. The Hall–Kier alpha value is -1.71. The summed E-state index contributed by atoms with van der Waals surface area (Å²) in [6.07, 6.45) is 8.43. The SMILES string of the molecule is COc1cc(C(=O)NC2CCCCCCC2)cc(OC)c1C. The van der Waals surface area contributed by atoms with Gasteiger partial charge in [0, 0.05) is 17.2 Å². The number of carbonyl (C=O) groups is 1. The number of amides is 1. The minimum atomic E-state index is -0.0397. The minimum Gasteiger partial charge on any atom is -0.496 e. The first kappa shape index (κ1) is 16.7. The highest BCUT2D eigenvalue weighted by molar-refractivity contribution is 5.95. The molecule has 1 aromatic carbocycles. The zero-order valence-electron chi connectivity index (χ0n) is 13.9. The van der Waals surface area contributed by atoms with Gasteiger partial charge in [-0.15, -0.1) is 0 Å². The predicted molar refractivity (Wildman–Crippen MR) is 87.9 cm³/mol. The van der Waals surface area contributed by atoms with E-state index in [-0.39, 0.29) is 11.9 Å². The number of ether oxygens (including phenoxy) is 2. The Morgan fingerprint density at radius 2 is 1.50 bits per heavy atom. The predicted octanol–water partition coefficient (Wildman–Crippen LogP) is 3.85. The first-order valence-corrected chi connectivity index (χ1v) is 8.19. The van der Waals surface area contributed by atoms with E-state index in [9.17, 15) is 4.79 Å². The van der Waals surface area contributed by atoms with E-state index in [0.717, 1.165) is 18.4 Å². The average molecular weight is 305 g/mol. The van der Waals surface area contributed by atoms with Crippen molar-refractivity contribution in [1.82, 2.24) is 5.32 Å². The molecule has 1 aliphatic rings. The van der Waals surface area contributed by atoms with Crippen molar-refractivity contribution in [3.63, 3.8) is 0 Å². The molecule has 2 rings (SSSR count). The molecule has 0 bridgehead atoms. The lowest BCUT2D eigenvalue weighted by Crippen LogP contribution is -2.35. The minimum absolute atomic E-state index is 0.0397. The van der Waals surface area contributed by atoms with Gasteiger partial charge in [0.15, 0.2) is 0 Å². The van der Waals surface area contributed by atoms with Gasteiger partial charge >= 0.3 is 0 Å². The molecule has 1 amide bonds. The molecule has 0 atom stereocenters. The van der Waals surface area contributed by atoms with Gasteiger partial charge in [0.1, 0.15) is 11.5 Å². The molecule has 4 nitrogen and oxygen atoms in total. The Balaban J connectivity index is 2.11. The van der Waals surface area contributed by atoms with Crippen molar-refractivity contribution in [3.8, 4) is 11.5 Å². The van der Waals surface area contributed by atoms with Crippen LogP contribution in [0.15, 0.2) is 12.1 Å². The molecule has 22 heavy (non-hydrogen) atoms. The molecule has 122 valence electrons. The number of hydrogen-bond acceptors (Lipinski definition) is 3. The largest absolute Gasteiger partial charge is 0.496 e. The second-order valence-electron chi connectivity index (χ2n) is 6.02. The number of nitrogens with one attached hydrogen (secondary N) is 1. The summed E-state index contributed by atoms with van der Waals surface area (Å²) < 4.78 is 10.7. The Bertz CT molecular complexity index is 480. The standard InChI is InChI=1S/C18H27NO3/c1-13-16(21-2)11-14(12-17(13)22-3)18(20)19-15-9-7-5-4-6-8-10-15/h11-12,15H,4-10H2,1-3H3,(H,19,20). The van der Waals surface area contributed by atoms with E-state index >= 15 is 0 Å². The second-order valence-corrected chi connectivity index (χ2v) is 6.02. The Kier molecular flexibility index (Phi) is 6.10. The Morgan fingerprint density at radius 3 is 2.00 bits per heavy atom. The maximum Gasteiger partial charge on any atom is 0.251 e. The van der Waals surface area contributed by atoms with Crippen LogP contribution in [-0.2, 0) is 0 Å². The van der Waals surface area contributed by atoms with Crippen LogP contribution < -0.4 is 14.8 Å². The molecule has 1 saturated carbocycles. The molecule has 4 heteroatoms. The molecule has 0 aliphatic heterocycles. The summed E-state index contributed by atoms with van der Waals surface area (Å²) in [5.74, 6) is 1.33. The third kappa shape index (κ3) is 4.15. The van der Waals surface area contributed by atoms with Crippen LogP contribution in [0, 0.1) is 6.92 Å². The van der Waals surface area contributed by atoms with Crippen LogP contribution in [0.1, 0.15) is 60.9 Å². The zero-order valence-corrected chi connectivity index (χ0v) is 13.9. The van der Waals surface area contributed by atoms with Gasteiger partial charge in [0.05, 0.1) is 14.2 Å². The summed E-state index contributed by atoms with van der Waals surface area (Å²) in [6, 6.07) is 3.86. The molecular weight excluding hydrogens is 278 g/mol. The molecule has 0 heterocycles. The summed E-state index contributed by atoms with van der Waals surface area (Å²) in [6.45, 7) is 1.92. The van der Waals surface area contributed by atoms with Crippen LogP contribution in [0.3, 0.4) is 0 Å².